The van der Waals surface area contributed by atoms with Crippen molar-refractivity contribution in [3.8, 4) is 0 Å². The minimum absolute atomic E-state index is 0.143. The lowest BCUT2D eigenvalue weighted by Crippen LogP contribution is -2.28. The van der Waals surface area contributed by atoms with Gasteiger partial charge in [0.1, 0.15) is 11.6 Å². The summed E-state index contributed by atoms with van der Waals surface area (Å²) in [7, 11) is 1.56. The number of likely N-dealkylation sites (N-methyl/N-ethyl adjacent to an activating group) is 1. The van der Waals surface area contributed by atoms with Crippen molar-refractivity contribution < 1.29 is 13.6 Å². The number of rotatable bonds is 3. The smallest absolute Gasteiger partial charge is 0.231 e. The van der Waals surface area contributed by atoms with Crippen LogP contribution >= 0.6 is 15.9 Å². The Hall–Kier alpha value is -1.95. The number of amides is 1. The summed E-state index contributed by atoms with van der Waals surface area (Å²) < 4.78 is 27.2. The van der Waals surface area contributed by atoms with Crippen LogP contribution in [0.4, 0.5) is 20.2 Å². The number of carbonyl (C=O) groups excluding carboxylic acids is 1. The fourth-order valence-corrected chi connectivity index (χ4v) is 2.29. The van der Waals surface area contributed by atoms with E-state index in [0.29, 0.717) is 11.4 Å². The van der Waals surface area contributed by atoms with Gasteiger partial charge >= 0.3 is 0 Å². The summed E-state index contributed by atoms with van der Waals surface area (Å²) in [5, 5.41) is 0. The number of nitrogens with zero attached hydrogens (tertiary/aromatic N) is 1. The van der Waals surface area contributed by atoms with Crippen molar-refractivity contribution in [1.82, 2.24) is 0 Å². The van der Waals surface area contributed by atoms with Gasteiger partial charge in [-0.15, -0.1) is 0 Å². The van der Waals surface area contributed by atoms with Crippen molar-refractivity contribution in [2.75, 3.05) is 17.7 Å². The van der Waals surface area contributed by atoms with E-state index in [4.69, 9.17) is 5.73 Å². The summed E-state index contributed by atoms with van der Waals surface area (Å²) in [5.74, 6) is -1.75. The molecule has 110 valence electrons. The molecule has 2 N–H and O–H groups in total. The van der Waals surface area contributed by atoms with Gasteiger partial charge in [0.05, 0.1) is 17.8 Å². The number of hydrogen-bond acceptors (Lipinski definition) is 2. The quantitative estimate of drug-likeness (QED) is 0.857. The second-order valence-electron chi connectivity index (χ2n) is 4.57. The SMILES string of the molecule is CN(C(=O)Cc1ccc(F)cc1F)c1ccc(Br)cc1N. The third kappa shape index (κ3) is 3.58. The predicted molar refractivity (Wildman–Crippen MR) is 82.0 cm³/mol. The van der Waals surface area contributed by atoms with Gasteiger partial charge in [-0.25, -0.2) is 8.78 Å². The Morgan fingerprint density at radius 2 is 1.95 bits per heavy atom. The van der Waals surface area contributed by atoms with Gasteiger partial charge in [-0.05, 0) is 29.8 Å². The molecular formula is C15H13BrF2N2O. The lowest BCUT2D eigenvalue weighted by molar-refractivity contribution is -0.117. The zero-order valence-electron chi connectivity index (χ0n) is 11.2. The van der Waals surface area contributed by atoms with Crippen LogP contribution in [0.25, 0.3) is 0 Å². The molecule has 6 heteroatoms. The maximum absolute atomic E-state index is 13.6. The predicted octanol–water partition coefficient (Wildman–Crippen LogP) is 3.52. The van der Waals surface area contributed by atoms with Gasteiger partial charge in [0.2, 0.25) is 5.91 Å². The molecule has 2 aromatic carbocycles. The molecule has 0 heterocycles. The van der Waals surface area contributed by atoms with Gasteiger partial charge in [0.25, 0.3) is 0 Å². The highest BCUT2D eigenvalue weighted by atomic mass is 79.9. The summed E-state index contributed by atoms with van der Waals surface area (Å²) in [5.41, 5.74) is 6.96. The van der Waals surface area contributed by atoms with Crippen LogP contribution < -0.4 is 10.6 Å². The monoisotopic (exact) mass is 354 g/mol. The molecule has 0 atom stereocenters. The third-order valence-electron chi connectivity index (χ3n) is 3.08. The first kappa shape index (κ1) is 15.4. The van der Waals surface area contributed by atoms with E-state index in [-0.39, 0.29) is 17.9 Å². The molecule has 0 saturated carbocycles. The number of anilines is 2. The van der Waals surface area contributed by atoms with E-state index < -0.39 is 11.6 Å². The average molecular weight is 355 g/mol. The second kappa shape index (κ2) is 6.22. The molecule has 0 aromatic heterocycles. The van der Waals surface area contributed by atoms with Crippen LogP contribution in [0.1, 0.15) is 5.56 Å². The molecule has 0 aliphatic carbocycles. The second-order valence-corrected chi connectivity index (χ2v) is 5.48. The summed E-state index contributed by atoms with van der Waals surface area (Å²) in [4.78, 5) is 13.5. The van der Waals surface area contributed by atoms with Gasteiger partial charge in [-0.1, -0.05) is 22.0 Å². The largest absolute Gasteiger partial charge is 0.397 e. The molecule has 0 saturated heterocycles. The van der Waals surface area contributed by atoms with E-state index >= 15 is 0 Å². The summed E-state index contributed by atoms with van der Waals surface area (Å²) in [6, 6.07) is 8.28. The molecular weight excluding hydrogens is 342 g/mol. The fourth-order valence-electron chi connectivity index (χ4n) is 1.91. The Labute approximate surface area is 129 Å². The third-order valence-corrected chi connectivity index (χ3v) is 3.58. The van der Waals surface area contributed by atoms with Crippen molar-refractivity contribution in [2.45, 2.75) is 6.42 Å². The highest BCUT2D eigenvalue weighted by molar-refractivity contribution is 9.10. The highest BCUT2D eigenvalue weighted by Crippen LogP contribution is 2.26. The number of carbonyl (C=O) groups is 1. The van der Waals surface area contributed by atoms with Gasteiger partial charge < -0.3 is 10.6 Å². The van der Waals surface area contributed by atoms with Crippen molar-refractivity contribution in [3.05, 3.63) is 58.1 Å². The van der Waals surface area contributed by atoms with Gasteiger partial charge in [-0.2, -0.15) is 0 Å². The summed E-state index contributed by atoms with van der Waals surface area (Å²) >= 11 is 3.28. The topological polar surface area (TPSA) is 46.3 Å². The van der Waals surface area contributed by atoms with E-state index in [1.165, 1.54) is 11.0 Å². The van der Waals surface area contributed by atoms with Crippen LogP contribution in [-0.4, -0.2) is 13.0 Å². The zero-order valence-corrected chi connectivity index (χ0v) is 12.8. The molecule has 0 unspecified atom stereocenters. The number of benzene rings is 2. The first-order valence-electron chi connectivity index (χ1n) is 6.14. The number of nitrogens with two attached hydrogens (primary N) is 1. The lowest BCUT2D eigenvalue weighted by atomic mass is 10.1. The maximum Gasteiger partial charge on any atom is 0.231 e. The van der Waals surface area contributed by atoms with Gasteiger partial charge in [0.15, 0.2) is 0 Å². The molecule has 2 rings (SSSR count). The molecule has 0 spiro atoms. The molecule has 0 fully saturated rings. The minimum atomic E-state index is -0.736. The van der Waals surface area contributed by atoms with E-state index in [2.05, 4.69) is 15.9 Å². The first-order chi connectivity index (χ1) is 9.88. The van der Waals surface area contributed by atoms with E-state index in [1.54, 1.807) is 25.2 Å². The molecule has 0 radical (unpaired) electrons. The van der Waals surface area contributed by atoms with Crippen molar-refractivity contribution in [2.24, 2.45) is 0 Å². The van der Waals surface area contributed by atoms with Crippen molar-refractivity contribution in [3.63, 3.8) is 0 Å². The Morgan fingerprint density at radius 3 is 2.57 bits per heavy atom. The average Bonchev–Trinajstić information content (AvgIpc) is 2.41. The van der Waals surface area contributed by atoms with Crippen LogP contribution in [0, 0.1) is 11.6 Å². The van der Waals surface area contributed by atoms with Crippen LogP contribution in [-0.2, 0) is 11.2 Å². The normalized spacial score (nSPS) is 10.5. The Balaban J connectivity index is 2.19. The molecule has 3 nitrogen and oxygen atoms in total. The number of halogens is 3. The van der Waals surface area contributed by atoms with Crippen molar-refractivity contribution in [1.29, 1.82) is 0 Å². The van der Waals surface area contributed by atoms with Crippen LogP contribution in [0.3, 0.4) is 0 Å². The molecule has 0 aliphatic heterocycles. The van der Waals surface area contributed by atoms with Gasteiger partial charge in [-0.3, -0.25) is 4.79 Å². The fraction of sp³-hybridized carbons (Fsp3) is 0.133. The van der Waals surface area contributed by atoms with E-state index in [9.17, 15) is 13.6 Å². The number of nitrogen functional groups attached to an aromatic ring is 1. The Kier molecular flexibility index (Phi) is 4.57. The standard InChI is InChI=1S/C15H13BrF2N2O/c1-20(14-5-3-10(16)7-13(14)19)15(21)6-9-2-4-11(17)8-12(9)18/h2-5,7-8H,6,19H2,1H3. The number of hydrogen-bond donors (Lipinski definition) is 1. The van der Waals surface area contributed by atoms with Crippen LogP contribution in [0.15, 0.2) is 40.9 Å². The highest BCUT2D eigenvalue weighted by Gasteiger charge is 2.16. The maximum atomic E-state index is 13.6. The molecule has 0 aliphatic rings. The van der Waals surface area contributed by atoms with Crippen LogP contribution in [0.2, 0.25) is 0 Å². The Morgan fingerprint density at radius 1 is 1.24 bits per heavy atom. The van der Waals surface area contributed by atoms with E-state index in [1.807, 2.05) is 0 Å². The Bertz CT molecular complexity index is 691. The summed E-state index contributed by atoms with van der Waals surface area (Å²) in [6.07, 6.45) is -0.169. The van der Waals surface area contributed by atoms with Crippen molar-refractivity contribution >= 4 is 33.2 Å². The molecule has 2 aromatic rings. The van der Waals surface area contributed by atoms with E-state index in [0.717, 1.165) is 16.6 Å². The summed E-state index contributed by atoms with van der Waals surface area (Å²) in [6.45, 7) is 0. The minimum Gasteiger partial charge on any atom is -0.397 e. The lowest BCUT2D eigenvalue weighted by Gasteiger charge is -2.19. The van der Waals surface area contributed by atoms with Gasteiger partial charge in [0, 0.05) is 17.6 Å². The first-order valence-corrected chi connectivity index (χ1v) is 6.93. The molecule has 21 heavy (non-hydrogen) atoms. The van der Waals surface area contributed by atoms with Crippen LogP contribution in [0.5, 0.6) is 0 Å². The molecule has 0 bridgehead atoms. The molecule has 1 amide bonds. The zero-order chi connectivity index (χ0) is 15.6.